The number of carboxylic acids is 1. The predicted octanol–water partition coefficient (Wildman–Crippen LogP) is 2.26. The molecule has 18 heavy (non-hydrogen) atoms. The highest BCUT2D eigenvalue weighted by atomic mass is 16.4. The Balaban J connectivity index is 2.79. The average molecular weight is 247 g/mol. The number of nitrogens with zero attached hydrogens (tertiary/aromatic N) is 2. The summed E-state index contributed by atoms with van der Waals surface area (Å²) in [6.45, 7) is 4.02. The third kappa shape index (κ3) is 2.98. The lowest BCUT2D eigenvalue weighted by atomic mass is 9.82. The Hall–Kier alpha value is -2.09. The van der Waals surface area contributed by atoms with Gasteiger partial charge in [-0.25, -0.2) is 4.98 Å². The second kappa shape index (κ2) is 6.01. The van der Waals surface area contributed by atoms with Gasteiger partial charge in [0.15, 0.2) is 0 Å². The lowest BCUT2D eigenvalue weighted by molar-refractivity contribution is -0.148. The minimum Gasteiger partial charge on any atom is -0.481 e. The van der Waals surface area contributed by atoms with Gasteiger partial charge in [0.25, 0.3) is 0 Å². The van der Waals surface area contributed by atoms with Crippen LogP contribution >= 0.6 is 0 Å². The fourth-order valence-corrected chi connectivity index (χ4v) is 1.73. The lowest BCUT2D eigenvalue weighted by Crippen LogP contribution is -2.37. The van der Waals surface area contributed by atoms with Gasteiger partial charge in [0.05, 0.1) is 17.0 Å². The van der Waals surface area contributed by atoms with Gasteiger partial charge in [0.1, 0.15) is 5.82 Å². The highest BCUT2D eigenvalue weighted by Crippen LogP contribution is 2.27. The van der Waals surface area contributed by atoms with Crippen molar-refractivity contribution in [3.63, 3.8) is 0 Å². The average Bonchev–Trinajstić information content (AvgIpc) is 2.40. The summed E-state index contributed by atoms with van der Waals surface area (Å²) in [5.74, 6) is -0.280. The number of anilines is 1. The van der Waals surface area contributed by atoms with E-state index in [-0.39, 0.29) is 0 Å². The molecule has 0 saturated heterocycles. The quantitative estimate of drug-likeness (QED) is 0.805. The maximum Gasteiger partial charge on any atom is 0.311 e. The molecule has 1 aromatic rings. The molecular formula is C13H17N3O2. The van der Waals surface area contributed by atoms with E-state index in [0.717, 1.165) is 0 Å². The first kappa shape index (κ1) is 14.0. The Morgan fingerprint density at radius 3 is 2.72 bits per heavy atom. The zero-order valence-electron chi connectivity index (χ0n) is 10.6. The van der Waals surface area contributed by atoms with E-state index in [4.69, 9.17) is 5.26 Å². The van der Waals surface area contributed by atoms with Crippen LogP contribution in [0.25, 0.3) is 0 Å². The molecule has 0 atom stereocenters. The van der Waals surface area contributed by atoms with Crippen molar-refractivity contribution in [2.24, 2.45) is 5.41 Å². The third-order valence-corrected chi connectivity index (χ3v) is 3.30. The number of aromatic nitrogens is 1. The number of hydrogen-bond donors (Lipinski definition) is 2. The van der Waals surface area contributed by atoms with Crippen molar-refractivity contribution < 1.29 is 9.90 Å². The van der Waals surface area contributed by atoms with Gasteiger partial charge in [-0.2, -0.15) is 5.26 Å². The molecule has 0 bridgehead atoms. The Morgan fingerprint density at radius 1 is 1.56 bits per heavy atom. The zero-order chi connectivity index (χ0) is 13.6. The first-order chi connectivity index (χ1) is 8.57. The minimum atomic E-state index is -0.809. The van der Waals surface area contributed by atoms with Crippen LogP contribution < -0.4 is 5.32 Å². The van der Waals surface area contributed by atoms with Gasteiger partial charge in [0, 0.05) is 12.7 Å². The fourth-order valence-electron chi connectivity index (χ4n) is 1.73. The van der Waals surface area contributed by atoms with Gasteiger partial charge < -0.3 is 10.4 Å². The van der Waals surface area contributed by atoms with Crippen LogP contribution in [0.15, 0.2) is 18.3 Å². The highest BCUT2D eigenvalue weighted by molar-refractivity contribution is 5.75. The minimum absolute atomic E-state index is 0.303. The fraction of sp³-hybridized carbons (Fsp3) is 0.462. The van der Waals surface area contributed by atoms with E-state index < -0.39 is 11.4 Å². The molecule has 0 amide bonds. The number of aliphatic carboxylic acids is 1. The first-order valence-electron chi connectivity index (χ1n) is 5.91. The largest absolute Gasteiger partial charge is 0.481 e. The van der Waals surface area contributed by atoms with Crippen LogP contribution in [0.4, 0.5) is 5.82 Å². The first-order valence-corrected chi connectivity index (χ1v) is 5.91. The molecule has 1 rings (SSSR count). The van der Waals surface area contributed by atoms with Gasteiger partial charge in [-0.05, 0) is 25.0 Å². The molecule has 0 radical (unpaired) electrons. The second-order valence-electron chi connectivity index (χ2n) is 4.19. The van der Waals surface area contributed by atoms with Gasteiger partial charge >= 0.3 is 5.97 Å². The normalized spacial score (nSPS) is 10.7. The third-order valence-electron chi connectivity index (χ3n) is 3.30. The number of nitrogens with one attached hydrogen (secondary N) is 1. The highest BCUT2D eigenvalue weighted by Gasteiger charge is 2.34. The summed E-state index contributed by atoms with van der Waals surface area (Å²) in [6, 6.07) is 5.23. The number of carboxylic acid groups (broad SMARTS) is 1. The summed E-state index contributed by atoms with van der Waals surface area (Å²) in [6.07, 6.45) is 2.62. The van der Waals surface area contributed by atoms with E-state index >= 15 is 0 Å². The van der Waals surface area contributed by atoms with E-state index in [2.05, 4.69) is 10.3 Å². The zero-order valence-corrected chi connectivity index (χ0v) is 10.6. The van der Waals surface area contributed by atoms with Crippen molar-refractivity contribution in [1.29, 1.82) is 5.26 Å². The van der Waals surface area contributed by atoms with Gasteiger partial charge in [-0.1, -0.05) is 13.8 Å². The predicted molar refractivity (Wildman–Crippen MR) is 68.1 cm³/mol. The van der Waals surface area contributed by atoms with Crippen molar-refractivity contribution in [2.45, 2.75) is 26.7 Å². The van der Waals surface area contributed by atoms with E-state index in [1.165, 1.54) is 6.20 Å². The molecule has 96 valence electrons. The monoisotopic (exact) mass is 247 g/mol. The number of rotatable bonds is 6. The van der Waals surface area contributed by atoms with Crippen LogP contribution in [0.2, 0.25) is 0 Å². The van der Waals surface area contributed by atoms with E-state index in [1.54, 1.807) is 12.1 Å². The number of nitriles is 1. The molecule has 0 spiro atoms. The Kier molecular flexibility index (Phi) is 4.67. The number of carbonyl (C=O) groups is 1. The summed E-state index contributed by atoms with van der Waals surface area (Å²) < 4.78 is 0. The Labute approximate surface area is 106 Å². The van der Waals surface area contributed by atoms with Gasteiger partial charge in [-0.15, -0.1) is 0 Å². The van der Waals surface area contributed by atoms with Crippen LogP contribution in [0.3, 0.4) is 0 Å². The maximum atomic E-state index is 11.3. The molecule has 0 aliphatic heterocycles. The van der Waals surface area contributed by atoms with Crippen LogP contribution in [0, 0.1) is 16.7 Å². The maximum absolute atomic E-state index is 11.3. The molecule has 1 heterocycles. The molecule has 5 nitrogen and oxygen atoms in total. The van der Waals surface area contributed by atoms with E-state index in [1.807, 2.05) is 19.9 Å². The van der Waals surface area contributed by atoms with Crippen molar-refractivity contribution in [2.75, 3.05) is 11.9 Å². The molecule has 0 fully saturated rings. The van der Waals surface area contributed by atoms with Crippen molar-refractivity contribution >= 4 is 11.8 Å². The molecule has 2 N–H and O–H groups in total. The van der Waals surface area contributed by atoms with Gasteiger partial charge in [0.2, 0.25) is 0 Å². The number of pyridine rings is 1. The molecular weight excluding hydrogens is 230 g/mol. The Bertz CT molecular complexity index is 462. The van der Waals surface area contributed by atoms with Crippen molar-refractivity contribution in [1.82, 2.24) is 4.98 Å². The van der Waals surface area contributed by atoms with Crippen LogP contribution in [0.5, 0.6) is 0 Å². The number of hydrogen-bond acceptors (Lipinski definition) is 4. The van der Waals surface area contributed by atoms with E-state index in [9.17, 15) is 9.90 Å². The molecule has 0 unspecified atom stereocenters. The second-order valence-corrected chi connectivity index (χ2v) is 4.19. The molecule has 0 aliphatic rings. The van der Waals surface area contributed by atoms with Crippen LogP contribution in [-0.4, -0.2) is 22.6 Å². The van der Waals surface area contributed by atoms with Crippen molar-refractivity contribution in [3.8, 4) is 6.07 Å². The summed E-state index contributed by atoms with van der Waals surface area (Å²) in [5, 5.41) is 21.1. The topological polar surface area (TPSA) is 86.0 Å². The molecule has 0 saturated carbocycles. The summed E-state index contributed by atoms with van der Waals surface area (Å²) >= 11 is 0. The molecule has 0 aromatic carbocycles. The smallest absolute Gasteiger partial charge is 0.311 e. The van der Waals surface area contributed by atoms with Crippen molar-refractivity contribution in [3.05, 3.63) is 23.9 Å². The lowest BCUT2D eigenvalue weighted by Gasteiger charge is -2.27. The summed E-state index contributed by atoms with van der Waals surface area (Å²) in [4.78, 5) is 15.4. The van der Waals surface area contributed by atoms with Crippen LogP contribution in [-0.2, 0) is 4.79 Å². The SMILES string of the molecule is CCC(CC)(CNc1cc(C#N)ccn1)C(=O)O. The molecule has 5 heteroatoms. The van der Waals surface area contributed by atoms with E-state index in [0.29, 0.717) is 30.8 Å². The van der Waals surface area contributed by atoms with Gasteiger partial charge in [-0.3, -0.25) is 4.79 Å². The summed E-state index contributed by atoms with van der Waals surface area (Å²) in [5.41, 5.74) is -0.286. The molecule has 1 aromatic heterocycles. The standard InChI is InChI=1S/C13H17N3O2/c1-3-13(4-2,12(17)18)9-16-11-7-10(8-14)5-6-15-11/h5-7H,3-4,9H2,1-2H3,(H,15,16)(H,17,18). The van der Waals surface area contributed by atoms with Crippen LogP contribution in [0.1, 0.15) is 32.3 Å². The summed E-state index contributed by atoms with van der Waals surface area (Å²) in [7, 11) is 0. The molecule has 0 aliphatic carbocycles. The Morgan fingerprint density at radius 2 is 2.22 bits per heavy atom.